The molecule has 7 heteroatoms. The zero-order valence-electron chi connectivity index (χ0n) is 12.3. The van der Waals surface area contributed by atoms with Crippen LogP contribution in [-0.2, 0) is 11.2 Å². The molecule has 0 unspecified atom stereocenters. The minimum atomic E-state index is -0.336. The van der Waals surface area contributed by atoms with Gasteiger partial charge in [-0.1, -0.05) is 17.3 Å². The van der Waals surface area contributed by atoms with Gasteiger partial charge >= 0.3 is 0 Å². The second-order valence-electron chi connectivity index (χ2n) is 5.49. The second kappa shape index (κ2) is 5.92. The normalized spacial score (nSPS) is 17.7. The van der Waals surface area contributed by atoms with Crippen LogP contribution in [-0.4, -0.2) is 33.0 Å². The third-order valence-corrected chi connectivity index (χ3v) is 3.92. The number of nitrogens with zero attached hydrogens (tertiary/aromatic N) is 3. The topological polar surface area (TPSA) is 76.8 Å². The lowest BCUT2D eigenvalue weighted by Gasteiger charge is -2.04. The number of nitrogens with one attached hydrogen (secondary N) is 1. The van der Waals surface area contributed by atoms with Crippen LogP contribution < -0.4 is 0 Å². The first-order valence-electron chi connectivity index (χ1n) is 7.54. The van der Waals surface area contributed by atoms with Crippen molar-refractivity contribution in [1.82, 2.24) is 20.3 Å². The van der Waals surface area contributed by atoms with Gasteiger partial charge in [-0.25, -0.2) is 4.39 Å². The van der Waals surface area contributed by atoms with Crippen molar-refractivity contribution in [2.45, 2.75) is 25.4 Å². The highest BCUT2D eigenvalue weighted by Gasteiger charge is 2.22. The van der Waals surface area contributed by atoms with Crippen molar-refractivity contribution in [1.29, 1.82) is 0 Å². The predicted octanol–water partition coefficient (Wildman–Crippen LogP) is 2.99. The number of hydrogen-bond acceptors (Lipinski definition) is 5. The Bertz CT molecular complexity index is 808. The van der Waals surface area contributed by atoms with Crippen LogP contribution in [0.2, 0.25) is 0 Å². The number of aromatic nitrogens is 4. The van der Waals surface area contributed by atoms with E-state index in [1.54, 1.807) is 24.4 Å². The summed E-state index contributed by atoms with van der Waals surface area (Å²) >= 11 is 0. The molecule has 1 atom stereocenters. The van der Waals surface area contributed by atoms with E-state index in [9.17, 15) is 4.39 Å². The molecule has 0 spiro atoms. The average molecular weight is 314 g/mol. The maximum atomic E-state index is 14.0. The molecule has 0 radical (unpaired) electrons. The highest BCUT2D eigenvalue weighted by Crippen LogP contribution is 2.30. The Morgan fingerprint density at radius 1 is 1.26 bits per heavy atom. The lowest BCUT2D eigenvalue weighted by molar-refractivity contribution is 0.109. The summed E-state index contributed by atoms with van der Waals surface area (Å²) in [5.41, 5.74) is 1.52. The Labute approximate surface area is 131 Å². The summed E-state index contributed by atoms with van der Waals surface area (Å²) in [7, 11) is 0. The summed E-state index contributed by atoms with van der Waals surface area (Å²) in [6.45, 7) is 0.786. The molecule has 0 aliphatic carbocycles. The summed E-state index contributed by atoms with van der Waals surface area (Å²) in [5.74, 6) is 0.578. The first-order valence-corrected chi connectivity index (χ1v) is 7.54. The number of halogens is 1. The van der Waals surface area contributed by atoms with Crippen LogP contribution in [0.25, 0.3) is 22.7 Å². The first-order chi connectivity index (χ1) is 11.3. The lowest BCUT2D eigenvalue weighted by atomic mass is 10.1. The number of aromatic amines is 1. The molecule has 0 amide bonds. The highest BCUT2D eigenvalue weighted by molar-refractivity contribution is 5.76. The molecule has 0 saturated carbocycles. The van der Waals surface area contributed by atoms with Gasteiger partial charge in [0.25, 0.3) is 5.89 Å². The fraction of sp³-hybridized carbons (Fsp3) is 0.312. The number of benzene rings is 1. The van der Waals surface area contributed by atoms with E-state index in [1.807, 2.05) is 0 Å². The van der Waals surface area contributed by atoms with Crippen molar-refractivity contribution in [3.05, 3.63) is 42.1 Å². The molecule has 0 bridgehead atoms. The Morgan fingerprint density at radius 3 is 3.00 bits per heavy atom. The average Bonchev–Trinajstić information content (AvgIpc) is 3.28. The third kappa shape index (κ3) is 2.75. The van der Waals surface area contributed by atoms with E-state index in [2.05, 4.69) is 20.3 Å². The molecule has 2 aromatic heterocycles. The molecule has 1 N–H and O–H groups in total. The van der Waals surface area contributed by atoms with Crippen LogP contribution in [0, 0.1) is 5.82 Å². The molecular formula is C16H15FN4O2. The Hall–Kier alpha value is -2.54. The lowest BCUT2D eigenvalue weighted by Crippen LogP contribution is -2.09. The van der Waals surface area contributed by atoms with E-state index in [0.29, 0.717) is 35.0 Å². The molecule has 1 aliphatic rings. The van der Waals surface area contributed by atoms with Crippen LogP contribution in [0.4, 0.5) is 4.39 Å². The van der Waals surface area contributed by atoms with Crippen LogP contribution >= 0.6 is 0 Å². The third-order valence-electron chi connectivity index (χ3n) is 3.92. The summed E-state index contributed by atoms with van der Waals surface area (Å²) in [5, 5.41) is 10.8. The summed E-state index contributed by atoms with van der Waals surface area (Å²) in [6, 6.07) is 6.48. The van der Waals surface area contributed by atoms with Gasteiger partial charge in [0.1, 0.15) is 5.82 Å². The van der Waals surface area contributed by atoms with E-state index < -0.39 is 0 Å². The van der Waals surface area contributed by atoms with Gasteiger partial charge < -0.3 is 9.26 Å². The molecule has 1 aliphatic heterocycles. The quantitative estimate of drug-likeness (QED) is 0.801. The largest absolute Gasteiger partial charge is 0.378 e. The molecular weight excluding hydrogens is 299 g/mol. The number of hydrogen-bond donors (Lipinski definition) is 1. The molecule has 6 nitrogen and oxygen atoms in total. The van der Waals surface area contributed by atoms with Crippen LogP contribution in [0.5, 0.6) is 0 Å². The fourth-order valence-corrected chi connectivity index (χ4v) is 2.77. The maximum Gasteiger partial charge on any atom is 0.261 e. The molecule has 3 heterocycles. The highest BCUT2D eigenvalue weighted by atomic mass is 19.1. The number of ether oxygens (including phenoxy) is 1. The van der Waals surface area contributed by atoms with Gasteiger partial charge in [0.05, 0.1) is 23.6 Å². The minimum Gasteiger partial charge on any atom is -0.378 e. The first kappa shape index (κ1) is 14.1. The second-order valence-corrected chi connectivity index (χ2v) is 5.49. The fourth-order valence-electron chi connectivity index (χ4n) is 2.77. The van der Waals surface area contributed by atoms with E-state index in [0.717, 1.165) is 19.4 Å². The molecule has 118 valence electrons. The van der Waals surface area contributed by atoms with Gasteiger partial charge in [-0.05, 0) is 25.0 Å². The molecule has 1 aromatic carbocycles. The summed E-state index contributed by atoms with van der Waals surface area (Å²) < 4.78 is 24.9. The summed E-state index contributed by atoms with van der Waals surface area (Å²) in [4.78, 5) is 4.39. The van der Waals surface area contributed by atoms with E-state index in [-0.39, 0.29) is 11.9 Å². The minimum absolute atomic E-state index is 0.149. The zero-order chi connectivity index (χ0) is 15.6. The van der Waals surface area contributed by atoms with Crippen molar-refractivity contribution >= 4 is 0 Å². The smallest absolute Gasteiger partial charge is 0.261 e. The van der Waals surface area contributed by atoms with E-state index in [4.69, 9.17) is 9.26 Å². The SMILES string of the molecule is Fc1ccccc1-c1[nH]ncc1-c1nc(C[C@@H]2CCCO2)no1. The molecule has 1 saturated heterocycles. The van der Waals surface area contributed by atoms with Gasteiger partial charge in [0, 0.05) is 18.6 Å². The van der Waals surface area contributed by atoms with E-state index >= 15 is 0 Å². The molecule has 23 heavy (non-hydrogen) atoms. The maximum absolute atomic E-state index is 14.0. The molecule has 4 rings (SSSR count). The van der Waals surface area contributed by atoms with Crippen molar-refractivity contribution < 1.29 is 13.7 Å². The van der Waals surface area contributed by atoms with Crippen LogP contribution in [0.3, 0.4) is 0 Å². The van der Waals surface area contributed by atoms with Crippen molar-refractivity contribution in [3.8, 4) is 22.7 Å². The molecule has 3 aromatic rings. The van der Waals surface area contributed by atoms with Gasteiger partial charge in [0.15, 0.2) is 5.82 Å². The van der Waals surface area contributed by atoms with Crippen molar-refractivity contribution in [2.24, 2.45) is 0 Å². The van der Waals surface area contributed by atoms with Crippen LogP contribution in [0.1, 0.15) is 18.7 Å². The predicted molar refractivity (Wildman–Crippen MR) is 80.0 cm³/mol. The van der Waals surface area contributed by atoms with E-state index in [1.165, 1.54) is 6.07 Å². The van der Waals surface area contributed by atoms with Crippen molar-refractivity contribution in [3.63, 3.8) is 0 Å². The number of rotatable bonds is 4. The standard InChI is InChI=1S/C16H15FN4O2/c17-13-6-2-1-5-11(13)15-12(9-18-20-15)16-19-14(21-23-16)8-10-4-3-7-22-10/h1-2,5-6,9-10H,3-4,7-8H2,(H,18,20)/t10-/m0/s1. The Kier molecular flexibility index (Phi) is 3.63. The Balaban J connectivity index is 1.63. The van der Waals surface area contributed by atoms with Gasteiger partial charge in [-0.15, -0.1) is 0 Å². The van der Waals surface area contributed by atoms with Gasteiger partial charge in [0.2, 0.25) is 0 Å². The Morgan fingerprint density at radius 2 is 2.17 bits per heavy atom. The monoisotopic (exact) mass is 314 g/mol. The van der Waals surface area contributed by atoms with Crippen LogP contribution in [0.15, 0.2) is 35.0 Å². The summed E-state index contributed by atoms with van der Waals surface area (Å²) in [6.07, 6.45) is 4.40. The van der Waals surface area contributed by atoms with Gasteiger partial charge in [-0.3, -0.25) is 5.10 Å². The van der Waals surface area contributed by atoms with Crippen molar-refractivity contribution in [2.75, 3.05) is 6.61 Å². The molecule has 1 fully saturated rings. The van der Waals surface area contributed by atoms with Gasteiger partial charge in [-0.2, -0.15) is 10.1 Å². The number of H-pyrrole nitrogens is 1. The zero-order valence-corrected chi connectivity index (χ0v) is 12.3.